The maximum Gasteiger partial charge on any atom is 0.221 e. The third-order valence-corrected chi connectivity index (χ3v) is 2.27. The molecule has 0 atom stereocenters. The van der Waals surface area contributed by atoms with E-state index in [9.17, 15) is 9.59 Å². The molecule has 5 nitrogen and oxygen atoms in total. The molecule has 0 aliphatic rings. The van der Waals surface area contributed by atoms with Crippen LogP contribution >= 0.6 is 0 Å². The third kappa shape index (κ3) is 2.13. The largest absolute Gasteiger partial charge is 0.493 e. The number of carbonyl (C=O) groups excluding carboxylic acids is 1. The summed E-state index contributed by atoms with van der Waals surface area (Å²) in [6.45, 7) is 1.39. The highest BCUT2D eigenvalue weighted by Crippen LogP contribution is 2.27. The van der Waals surface area contributed by atoms with E-state index in [2.05, 4.69) is 5.32 Å². The Morgan fingerprint density at radius 2 is 2.18 bits per heavy atom. The summed E-state index contributed by atoms with van der Waals surface area (Å²) in [5.41, 5.74) is 0.686. The Kier molecular flexibility index (Phi) is 2.82. The van der Waals surface area contributed by atoms with Gasteiger partial charge in [0.05, 0.1) is 18.8 Å². The minimum atomic E-state index is -0.216. The van der Waals surface area contributed by atoms with Gasteiger partial charge in [0.1, 0.15) is 0 Å². The molecule has 17 heavy (non-hydrogen) atoms. The van der Waals surface area contributed by atoms with Crippen LogP contribution in [0.25, 0.3) is 11.0 Å². The first-order valence-corrected chi connectivity index (χ1v) is 4.99. The molecule has 88 valence electrons. The maximum absolute atomic E-state index is 11.7. The summed E-state index contributed by atoms with van der Waals surface area (Å²) in [4.78, 5) is 22.6. The van der Waals surface area contributed by atoms with Crippen molar-refractivity contribution in [3.8, 4) is 5.75 Å². The molecule has 0 radical (unpaired) electrons. The highest BCUT2D eigenvalue weighted by Gasteiger charge is 2.09. The monoisotopic (exact) mass is 233 g/mol. The van der Waals surface area contributed by atoms with Crippen LogP contribution in [0.4, 0.5) is 5.69 Å². The fourth-order valence-electron chi connectivity index (χ4n) is 1.59. The number of ether oxygens (including phenoxy) is 1. The fraction of sp³-hybridized carbons (Fsp3) is 0.167. The molecule has 0 unspecified atom stereocenters. The van der Waals surface area contributed by atoms with Gasteiger partial charge in [-0.25, -0.2) is 0 Å². The van der Waals surface area contributed by atoms with Crippen LogP contribution in [0, 0.1) is 0 Å². The van der Waals surface area contributed by atoms with Gasteiger partial charge < -0.3 is 14.5 Å². The van der Waals surface area contributed by atoms with Crippen LogP contribution in [0.5, 0.6) is 5.75 Å². The number of carbonyl (C=O) groups is 1. The summed E-state index contributed by atoms with van der Waals surface area (Å²) in [6, 6.07) is 4.48. The number of hydrogen-bond donors (Lipinski definition) is 1. The van der Waals surface area contributed by atoms with E-state index >= 15 is 0 Å². The topological polar surface area (TPSA) is 68.5 Å². The van der Waals surface area contributed by atoms with Crippen molar-refractivity contribution in [2.45, 2.75) is 6.92 Å². The Morgan fingerprint density at radius 3 is 2.82 bits per heavy atom. The van der Waals surface area contributed by atoms with E-state index in [1.54, 1.807) is 12.1 Å². The SMILES string of the molecule is COc1cc(NC(C)=O)cc2c(=O)ccoc12. The first kappa shape index (κ1) is 11.2. The van der Waals surface area contributed by atoms with Gasteiger partial charge in [0.2, 0.25) is 5.91 Å². The van der Waals surface area contributed by atoms with Crippen LogP contribution in [0.15, 0.2) is 33.7 Å². The van der Waals surface area contributed by atoms with E-state index in [-0.39, 0.29) is 11.3 Å². The van der Waals surface area contributed by atoms with Crippen molar-refractivity contribution in [2.24, 2.45) is 0 Å². The van der Waals surface area contributed by atoms with E-state index in [0.717, 1.165) is 0 Å². The Morgan fingerprint density at radius 1 is 1.41 bits per heavy atom. The smallest absolute Gasteiger partial charge is 0.221 e. The highest BCUT2D eigenvalue weighted by molar-refractivity contribution is 5.93. The van der Waals surface area contributed by atoms with Crippen molar-refractivity contribution in [2.75, 3.05) is 12.4 Å². The Labute approximate surface area is 97.0 Å². The predicted molar refractivity (Wildman–Crippen MR) is 63.3 cm³/mol. The summed E-state index contributed by atoms with van der Waals surface area (Å²) < 4.78 is 10.4. The van der Waals surface area contributed by atoms with Gasteiger partial charge in [0, 0.05) is 24.7 Å². The molecule has 0 aliphatic carbocycles. The second kappa shape index (κ2) is 4.29. The van der Waals surface area contributed by atoms with E-state index in [4.69, 9.17) is 9.15 Å². The van der Waals surface area contributed by atoms with Crippen molar-refractivity contribution in [3.05, 3.63) is 34.7 Å². The molecule has 0 saturated carbocycles. The summed E-state index contributed by atoms with van der Waals surface area (Å²) in [7, 11) is 1.47. The molecule has 1 heterocycles. The number of benzene rings is 1. The van der Waals surface area contributed by atoms with Gasteiger partial charge in [0.15, 0.2) is 16.8 Å². The second-order valence-electron chi connectivity index (χ2n) is 3.52. The first-order chi connectivity index (χ1) is 8.11. The first-order valence-electron chi connectivity index (χ1n) is 4.99. The van der Waals surface area contributed by atoms with Gasteiger partial charge in [-0.3, -0.25) is 9.59 Å². The van der Waals surface area contributed by atoms with Gasteiger partial charge in [-0.2, -0.15) is 0 Å². The molecular formula is C12H11NO4. The lowest BCUT2D eigenvalue weighted by Gasteiger charge is -2.07. The number of nitrogens with one attached hydrogen (secondary N) is 1. The van der Waals surface area contributed by atoms with Crippen molar-refractivity contribution in [3.63, 3.8) is 0 Å². The van der Waals surface area contributed by atoms with Crippen molar-refractivity contribution >= 4 is 22.6 Å². The molecule has 1 amide bonds. The zero-order chi connectivity index (χ0) is 12.4. The minimum absolute atomic E-state index is 0.184. The van der Waals surface area contributed by atoms with Gasteiger partial charge >= 0.3 is 0 Å². The maximum atomic E-state index is 11.7. The Bertz CT molecular complexity index is 630. The van der Waals surface area contributed by atoms with Crippen LogP contribution in [-0.2, 0) is 4.79 Å². The normalized spacial score (nSPS) is 10.2. The molecule has 0 aliphatic heterocycles. The lowest BCUT2D eigenvalue weighted by molar-refractivity contribution is -0.114. The molecule has 2 rings (SSSR count). The number of rotatable bonds is 2. The molecule has 1 N–H and O–H groups in total. The number of amides is 1. The van der Waals surface area contributed by atoms with Gasteiger partial charge in [0.25, 0.3) is 0 Å². The molecule has 2 aromatic rings. The lowest BCUT2D eigenvalue weighted by Crippen LogP contribution is -2.07. The Hall–Kier alpha value is -2.30. The molecule has 0 bridgehead atoms. The summed E-state index contributed by atoms with van der Waals surface area (Å²) in [6.07, 6.45) is 1.31. The van der Waals surface area contributed by atoms with Crippen molar-refractivity contribution in [1.82, 2.24) is 0 Å². The molecule has 1 aromatic heterocycles. The standard InChI is InChI=1S/C12H11NO4/c1-7(14)13-8-5-9-10(15)3-4-17-12(9)11(6-8)16-2/h3-6H,1-2H3,(H,13,14). The number of anilines is 1. The van der Waals surface area contributed by atoms with Crippen LogP contribution in [0.3, 0.4) is 0 Å². The Balaban J connectivity index is 2.71. The van der Waals surface area contributed by atoms with Crippen LogP contribution < -0.4 is 15.5 Å². The van der Waals surface area contributed by atoms with Gasteiger partial charge in [-0.1, -0.05) is 0 Å². The molecule has 1 aromatic carbocycles. The second-order valence-corrected chi connectivity index (χ2v) is 3.52. The molecule has 5 heteroatoms. The minimum Gasteiger partial charge on any atom is -0.493 e. The van der Waals surface area contributed by atoms with Crippen LogP contribution in [-0.4, -0.2) is 13.0 Å². The van der Waals surface area contributed by atoms with Gasteiger partial charge in [-0.05, 0) is 6.07 Å². The zero-order valence-corrected chi connectivity index (χ0v) is 9.44. The third-order valence-electron chi connectivity index (χ3n) is 2.27. The molecule has 0 spiro atoms. The van der Waals surface area contributed by atoms with Crippen LogP contribution in [0.1, 0.15) is 6.92 Å². The van der Waals surface area contributed by atoms with E-state index < -0.39 is 0 Å². The number of hydrogen-bond acceptors (Lipinski definition) is 4. The predicted octanol–water partition coefficient (Wildman–Crippen LogP) is 1.76. The van der Waals surface area contributed by atoms with E-state index in [1.807, 2.05) is 0 Å². The van der Waals surface area contributed by atoms with Crippen LogP contribution in [0.2, 0.25) is 0 Å². The van der Waals surface area contributed by atoms with Crippen molar-refractivity contribution in [1.29, 1.82) is 0 Å². The summed E-state index contributed by atoms with van der Waals surface area (Å²) in [5.74, 6) is 0.190. The zero-order valence-electron chi connectivity index (χ0n) is 9.44. The number of methoxy groups -OCH3 is 1. The molecule has 0 saturated heterocycles. The van der Waals surface area contributed by atoms with Crippen molar-refractivity contribution < 1.29 is 13.9 Å². The average molecular weight is 233 g/mol. The summed E-state index contributed by atoms with van der Waals surface area (Å²) >= 11 is 0. The fourth-order valence-corrected chi connectivity index (χ4v) is 1.59. The highest BCUT2D eigenvalue weighted by atomic mass is 16.5. The lowest BCUT2D eigenvalue weighted by atomic mass is 10.2. The molecular weight excluding hydrogens is 222 g/mol. The quantitative estimate of drug-likeness (QED) is 0.858. The number of fused-ring (bicyclic) bond motifs is 1. The molecule has 0 fully saturated rings. The average Bonchev–Trinajstić information content (AvgIpc) is 2.28. The van der Waals surface area contributed by atoms with E-state index in [1.165, 1.54) is 26.4 Å². The van der Waals surface area contributed by atoms with E-state index in [0.29, 0.717) is 22.4 Å². The summed E-state index contributed by atoms with van der Waals surface area (Å²) in [5, 5.41) is 2.97. The van der Waals surface area contributed by atoms with Gasteiger partial charge in [-0.15, -0.1) is 0 Å².